The van der Waals surface area contributed by atoms with Crippen LogP contribution in [0.5, 0.6) is 0 Å². The van der Waals surface area contributed by atoms with Gasteiger partial charge >= 0.3 is 0 Å². The van der Waals surface area contributed by atoms with Crippen LogP contribution in [-0.2, 0) is 35.1 Å². The van der Waals surface area contributed by atoms with Gasteiger partial charge in [-0.15, -0.1) is 0 Å². The summed E-state index contributed by atoms with van der Waals surface area (Å²) >= 11 is 0. The third-order valence-electron chi connectivity index (χ3n) is 6.18. The van der Waals surface area contributed by atoms with Crippen LogP contribution in [0.2, 0.25) is 0 Å². The Morgan fingerprint density at radius 2 is 2.00 bits per heavy atom. The van der Waals surface area contributed by atoms with Crippen LogP contribution >= 0.6 is 0 Å². The number of carbonyl (C=O) groups excluding carboxylic acids is 1. The van der Waals surface area contributed by atoms with Crippen molar-refractivity contribution in [2.45, 2.75) is 75.3 Å². The van der Waals surface area contributed by atoms with E-state index in [-0.39, 0.29) is 31.3 Å². The molecule has 0 amide bonds. The Balaban J connectivity index is 1.59. The zero-order chi connectivity index (χ0) is 23.0. The lowest BCUT2D eigenvalue weighted by Gasteiger charge is -2.43. The molecule has 2 fully saturated rings. The van der Waals surface area contributed by atoms with E-state index in [9.17, 15) is 9.90 Å². The Kier molecular flexibility index (Phi) is 9.23. The lowest BCUT2D eigenvalue weighted by molar-refractivity contribution is -0.226. The third kappa shape index (κ3) is 6.16. The molecule has 1 N–H and O–H groups in total. The Labute approximate surface area is 190 Å². The van der Waals surface area contributed by atoms with Crippen molar-refractivity contribution < 1.29 is 33.6 Å². The van der Waals surface area contributed by atoms with Crippen LogP contribution in [0.25, 0.3) is 0 Å². The summed E-state index contributed by atoms with van der Waals surface area (Å²) in [5, 5.41) is 10.6. The monoisotopic (exact) mass is 446 g/mol. The molecule has 0 saturated carbocycles. The summed E-state index contributed by atoms with van der Waals surface area (Å²) < 4.78 is 28.5. The van der Waals surface area contributed by atoms with Gasteiger partial charge in [0.15, 0.2) is 5.60 Å². The van der Waals surface area contributed by atoms with Gasteiger partial charge in [0.2, 0.25) is 5.78 Å². The number of carbonyl (C=O) groups is 1. The second kappa shape index (κ2) is 11.9. The third-order valence-corrected chi connectivity index (χ3v) is 6.18. The second-order valence-corrected chi connectivity index (χ2v) is 8.47. The quantitative estimate of drug-likeness (QED) is 0.485. The lowest BCUT2D eigenvalue weighted by Crippen LogP contribution is -2.60. The maximum atomic E-state index is 12.9. The summed E-state index contributed by atoms with van der Waals surface area (Å²) in [5.41, 5.74) is -0.323. The Morgan fingerprint density at radius 3 is 2.72 bits per heavy atom. The largest absolute Gasteiger partial charge is 0.389 e. The maximum absolute atomic E-state index is 12.9. The maximum Gasteiger partial charge on any atom is 0.239 e. The van der Waals surface area contributed by atoms with Crippen molar-refractivity contribution in [3.63, 3.8) is 0 Å². The Morgan fingerprint density at radius 1 is 1.22 bits per heavy atom. The summed E-state index contributed by atoms with van der Waals surface area (Å²) in [7, 11) is 3.11. The first kappa shape index (κ1) is 24.8. The summed E-state index contributed by atoms with van der Waals surface area (Å²) in [4.78, 5) is 12.9. The SMILES string of the molecule is COC[C@H]1O[C@@](C)(C(=O)C#CC[C@H]2OCCC[C@@H]2OCc2ccccc2)[C@H](O)C[C@@H]1OC. The van der Waals surface area contributed by atoms with Crippen LogP contribution < -0.4 is 0 Å². The predicted octanol–water partition coefficient (Wildman–Crippen LogP) is 2.28. The van der Waals surface area contributed by atoms with Crippen molar-refractivity contribution >= 4 is 5.78 Å². The molecule has 32 heavy (non-hydrogen) atoms. The Bertz CT molecular complexity index is 786. The highest BCUT2D eigenvalue weighted by molar-refractivity contribution is 6.02. The van der Waals surface area contributed by atoms with Crippen LogP contribution in [0.4, 0.5) is 0 Å². The van der Waals surface area contributed by atoms with Crippen molar-refractivity contribution in [3.8, 4) is 11.8 Å². The van der Waals surface area contributed by atoms with Crippen molar-refractivity contribution in [1.82, 2.24) is 0 Å². The van der Waals surface area contributed by atoms with E-state index in [1.54, 1.807) is 21.1 Å². The van der Waals surface area contributed by atoms with E-state index >= 15 is 0 Å². The van der Waals surface area contributed by atoms with Crippen molar-refractivity contribution in [2.75, 3.05) is 27.4 Å². The fourth-order valence-corrected chi connectivity index (χ4v) is 4.15. The number of ketones is 1. The standard InChI is InChI=1S/C25H34O7/c1-25(24(27)15-21(29-3)22(32-25)17-28-2)23(26)13-7-11-19-20(12-8-14-30-19)31-16-18-9-5-4-6-10-18/h4-6,9-10,19-22,24,27H,8,11-12,14-17H2,1-3H3/t19-,20+,21+,22-,24-,25+/m1/s1. The first-order chi connectivity index (χ1) is 15.5. The van der Waals surface area contributed by atoms with Crippen molar-refractivity contribution in [2.24, 2.45) is 0 Å². The number of benzene rings is 1. The molecule has 0 unspecified atom stereocenters. The molecule has 1 aromatic rings. The van der Waals surface area contributed by atoms with Gasteiger partial charge in [-0.2, -0.15) is 0 Å². The van der Waals surface area contributed by atoms with Gasteiger partial charge in [0.25, 0.3) is 0 Å². The first-order valence-corrected chi connectivity index (χ1v) is 11.2. The molecule has 0 spiro atoms. The van der Waals surface area contributed by atoms with Crippen LogP contribution in [0.1, 0.15) is 38.2 Å². The molecular weight excluding hydrogens is 412 g/mol. The highest BCUT2D eigenvalue weighted by Gasteiger charge is 2.50. The number of methoxy groups -OCH3 is 2. The number of aliphatic hydroxyl groups excluding tert-OH is 1. The predicted molar refractivity (Wildman–Crippen MR) is 118 cm³/mol. The molecule has 2 aliphatic heterocycles. The van der Waals surface area contributed by atoms with E-state index < -0.39 is 23.6 Å². The summed E-state index contributed by atoms with van der Waals surface area (Å²) in [6.07, 6.45) is 0.376. The minimum Gasteiger partial charge on any atom is -0.389 e. The van der Waals surface area contributed by atoms with E-state index in [0.29, 0.717) is 19.6 Å². The highest BCUT2D eigenvalue weighted by Crippen LogP contribution is 2.31. The average molecular weight is 447 g/mol. The molecule has 0 aliphatic carbocycles. The van der Waals surface area contributed by atoms with Gasteiger partial charge in [-0.3, -0.25) is 4.79 Å². The van der Waals surface area contributed by atoms with Gasteiger partial charge in [0, 0.05) is 33.7 Å². The number of ether oxygens (including phenoxy) is 5. The average Bonchev–Trinajstić information content (AvgIpc) is 2.81. The van der Waals surface area contributed by atoms with Gasteiger partial charge < -0.3 is 28.8 Å². The van der Waals surface area contributed by atoms with Crippen LogP contribution in [-0.4, -0.2) is 74.4 Å². The molecule has 2 saturated heterocycles. The number of hydrogen-bond donors (Lipinski definition) is 1. The molecule has 0 bridgehead atoms. The van der Waals surface area contributed by atoms with Gasteiger partial charge in [-0.25, -0.2) is 0 Å². The fraction of sp³-hybridized carbons (Fsp3) is 0.640. The zero-order valence-corrected chi connectivity index (χ0v) is 19.1. The fourth-order valence-electron chi connectivity index (χ4n) is 4.15. The normalized spacial score (nSPS) is 32.7. The molecule has 3 rings (SSSR count). The van der Waals surface area contributed by atoms with E-state index in [1.165, 1.54) is 0 Å². The van der Waals surface area contributed by atoms with E-state index in [4.69, 9.17) is 23.7 Å². The summed E-state index contributed by atoms with van der Waals surface area (Å²) in [6, 6.07) is 10.00. The number of rotatable bonds is 8. The topological polar surface area (TPSA) is 83.5 Å². The van der Waals surface area contributed by atoms with E-state index in [0.717, 1.165) is 18.4 Å². The van der Waals surface area contributed by atoms with E-state index in [2.05, 4.69) is 11.8 Å². The number of Topliss-reactive ketones (excluding diaryl/α,β-unsaturated/α-hetero) is 1. The van der Waals surface area contributed by atoms with Crippen molar-refractivity contribution in [1.29, 1.82) is 0 Å². The van der Waals surface area contributed by atoms with E-state index in [1.807, 2.05) is 30.3 Å². The molecule has 6 atom stereocenters. The smallest absolute Gasteiger partial charge is 0.239 e. The van der Waals surface area contributed by atoms with Crippen molar-refractivity contribution in [3.05, 3.63) is 35.9 Å². The molecular formula is C25H34O7. The summed E-state index contributed by atoms with van der Waals surface area (Å²) in [6.45, 7) is 3.00. The molecule has 7 heteroatoms. The highest BCUT2D eigenvalue weighted by atomic mass is 16.6. The van der Waals surface area contributed by atoms with Crippen LogP contribution in [0.3, 0.4) is 0 Å². The second-order valence-electron chi connectivity index (χ2n) is 8.47. The molecule has 0 radical (unpaired) electrons. The zero-order valence-electron chi connectivity index (χ0n) is 19.1. The minimum atomic E-state index is -1.43. The molecule has 0 aromatic heterocycles. The lowest BCUT2D eigenvalue weighted by atomic mass is 9.85. The summed E-state index contributed by atoms with van der Waals surface area (Å²) in [5.74, 6) is 5.15. The van der Waals surface area contributed by atoms with Crippen LogP contribution in [0.15, 0.2) is 30.3 Å². The van der Waals surface area contributed by atoms with Gasteiger partial charge in [0.05, 0.1) is 37.6 Å². The van der Waals surface area contributed by atoms with Gasteiger partial charge in [-0.1, -0.05) is 36.3 Å². The minimum absolute atomic E-state index is 0.0750. The van der Waals surface area contributed by atoms with Gasteiger partial charge in [0.1, 0.15) is 6.10 Å². The number of hydrogen-bond acceptors (Lipinski definition) is 7. The molecule has 2 heterocycles. The molecule has 2 aliphatic rings. The Hall–Kier alpha value is -1.79. The molecule has 1 aromatic carbocycles. The molecule has 7 nitrogen and oxygen atoms in total. The first-order valence-electron chi connectivity index (χ1n) is 11.2. The van der Waals surface area contributed by atoms with Crippen LogP contribution in [0, 0.1) is 11.8 Å². The van der Waals surface area contributed by atoms with Gasteiger partial charge in [-0.05, 0) is 31.2 Å². The number of aliphatic hydroxyl groups is 1. The molecule has 176 valence electrons.